The van der Waals surface area contributed by atoms with Gasteiger partial charge in [0, 0.05) is 10.9 Å². The SMILES string of the molecule is COc1cccc2c1OCC(NC(=O)c1csc(C(=O)O)c1)C2. The van der Waals surface area contributed by atoms with Crippen LogP contribution in [0, 0.1) is 0 Å². The second kappa shape index (κ2) is 6.29. The summed E-state index contributed by atoms with van der Waals surface area (Å²) in [4.78, 5) is 23.2. The van der Waals surface area contributed by atoms with Crippen molar-refractivity contribution >= 4 is 23.2 Å². The number of hydrogen-bond donors (Lipinski definition) is 2. The Morgan fingerprint density at radius 3 is 2.96 bits per heavy atom. The topological polar surface area (TPSA) is 84.9 Å². The predicted octanol–water partition coefficient (Wildman–Crippen LogP) is 2.19. The third-order valence-electron chi connectivity index (χ3n) is 3.58. The molecule has 0 spiro atoms. The Kier molecular flexibility index (Phi) is 4.20. The molecule has 1 unspecified atom stereocenters. The van der Waals surface area contributed by atoms with Gasteiger partial charge in [0.1, 0.15) is 11.5 Å². The highest BCUT2D eigenvalue weighted by atomic mass is 32.1. The lowest BCUT2D eigenvalue weighted by Gasteiger charge is -2.27. The van der Waals surface area contributed by atoms with Gasteiger partial charge in [0.2, 0.25) is 0 Å². The number of hydrogen-bond acceptors (Lipinski definition) is 5. The number of para-hydroxylation sites is 1. The van der Waals surface area contributed by atoms with E-state index in [1.54, 1.807) is 12.5 Å². The molecule has 1 amide bonds. The molecule has 0 saturated carbocycles. The fraction of sp³-hybridized carbons (Fsp3) is 0.250. The van der Waals surface area contributed by atoms with Crippen LogP contribution >= 0.6 is 11.3 Å². The van der Waals surface area contributed by atoms with Crippen molar-refractivity contribution in [2.24, 2.45) is 0 Å². The Morgan fingerprint density at radius 2 is 2.26 bits per heavy atom. The summed E-state index contributed by atoms with van der Waals surface area (Å²) in [6.45, 7) is 0.342. The molecule has 1 aromatic heterocycles. The third-order valence-corrected chi connectivity index (χ3v) is 4.50. The van der Waals surface area contributed by atoms with E-state index < -0.39 is 5.97 Å². The molecule has 6 nitrogen and oxygen atoms in total. The smallest absolute Gasteiger partial charge is 0.345 e. The number of nitrogens with one attached hydrogen (secondary N) is 1. The Morgan fingerprint density at radius 1 is 1.43 bits per heavy atom. The average Bonchev–Trinajstić information content (AvgIpc) is 3.04. The largest absolute Gasteiger partial charge is 0.493 e. The molecular weight excluding hydrogens is 318 g/mol. The molecule has 1 aliphatic heterocycles. The molecule has 1 atom stereocenters. The van der Waals surface area contributed by atoms with Crippen molar-refractivity contribution in [3.63, 3.8) is 0 Å². The van der Waals surface area contributed by atoms with Gasteiger partial charge in [-0.15, -0.1) is 11.3 Å². The molecule has 2 N–H and O–H groups in total. The number of thiophene rings is 1. The molecule has 3 rings (SSSR count). The van der Waals surface area contributed by atoms with Gasteiger partial charge < -0.3 is 19.9 Å². The molecule has 1 aromatic carbocycles. The van der Waals surface area contributed by atoms with E-state index in [0.717, 1.165) is 16.9 Å². The van der Waals surface area contributed by atoms with Gasteiger partial charge in [0.05, 0.1) is 18.7 Å². The maximum Gasteiger partial charge on any atom is 0.345 e. The van der Waals surface area contributed by atoms with Crippen LogP contribution in [0.4, 0.5) is 0 Å². The van der Waals surface area contributed by atoms with E-state index in [-0.39, 0.29) is 16.8 Å². The molecule has 120 valence electrons. The first-order valence-electron chi connectivity index (χ1n) is 7.00. The van der Waals surface area contributed by atoms with E-state index in [2.05, 4.69) is 5.32 Å². The van der Waals surface area contributed by atoms with E-state index in [9.17, 15) is 9.59 Å². The van der Waals surface area contributed by atoms with Gasteiger partial charge in [-0.1, -0.05) is 12.1 Å². The minimum atomic E-state index is -1.03. The van der Waals surface area contributed by atoms with Crippen molar-refractivity contribution in [2.75, 3.05) is 13.7 Å². The van der Waals surface area contributed by atoms with Gasteiger partial charge in [-0.25, -0.2) is 4.79 Å². The molecular formula is C16H15NO5S. The number of methoxy groups -OCH3 is 1. The first-order chi connectivity index (χ1) is 11.1. The Labute approximate surface area is 136 Å². The van der Waals surface area contributed by atoms with Crippen LogP contribution in [0.5, 0.6) is 11.5 Å². The number of ether oxygens (including phenoxy) is 2. The van der Waals surface area contributed by atoms with Gasteiger partial charge in [-0.3, -0.25) is 4.79 Å². The van der Waals surface area contributed by atoms with Gasteiger partial charge in [-0.2, -0.15) is 0 Å². The molecule has 2 aromatic rings. The maximum absolute atomic E-state index is 12.2. The minimum absolute atomic E-state index is 0.144. The molecule has 0 aliphatic carbocycles. The van der Waals surface area contributed by atoms with Crippen LogP contribution in [0.2, 0.25) is 0 Å². The zero-order valence-corrected chi connectivity index (χ0v) is 13.2. The van der Waals surface area contributed by atoms with Crippen LogP contribution in [0.25, 0.3) is 0 Å². The Bertz CT molecular complexity index is 755. The fourth-order valence-electron chi connectivity index (χ4n) is 2.48. The van der Waals surface area contributed by atoms with Crippen LogP contribution in [0.1, 0.15) is 25.6 Å². The number of aromatic carboxylic acids is 1. The van der Waals surface area contributed by atoms with Crippen LogP contribution in [0.3, 0.4) is 0 Å². The number of carboxylic acid groups (broad SMARTS) is 1. The molecule has 2 heterocycles. The summed E-state index contributed by atoms with van der Waals surface area (Å²) in [5, 5.41) is 13.3. The summed E-state index contributed by atoms with van der Waals surface area (Å²) in [6.07, 6.45) is 0.633. The van der Waals surface area contributed by atoms with Gasteiger partial charge >= 0.3 is 5.97 Å². The Hall–Kier alpha value is -2.54. The summed E-state index contributed by atoms with van der Waals surface area (Å²) < 4.78 is 11.0. The monoisotopic (exact) mass is 333 g/mol. The number of amides is 1. The Balaban J connectivity index is 1.69. The molecule has 0 radical (unpaired) electrons. The second-order valence-corrected chi connectivity index (χ2v) is 6.05. The summed E-state index contributed by atoms with van der Waals surface area (Å²) in [6, 6.07) is 6.85. The van der Waals surface area contributed by atoms with Crippen LogP contribution in [0.15, 0.2) is 29.6 Å². The highest BCUT2D eigenvalue weighted by Crippen LogP contribution is 2.34. The minimum Gasteiger partial charge on any atom is -0.493 e. The first-order valence-corrected chi connectivity index (χ1v) is 7.88. The molecule has 0 fully saturated rings. The van der Waals surface area contributed by atoms with Crippen molar-refractivity contribution in [1.29, 1.82) is 0 Å². The van der Waals surface area contributed by atoms with E-state index >= 15 is 0 Å². The van der Waals surface area contributed by atoms with Crippen molar-refractivity contribution in [3.05, 3.63) is 45.6 Å². The number of fused-ring (bicyclic) bond motifs is 1. The van der Waals surface area contributed by atoms with E-state index in [4.69, 9.17) is 14.6 Å². The third kappa shape index (κ3) is 3.14. The quantitative estimate of drug-likeness (QED) is 0.896. The standard InChI is InChI=1S/C16H15NO5S/c1-21-12-4-2-3-9-5-11(7-22-14(9)12)17-15(18)10-6-13(16(19)20)23-8-10/h2-4,6,8,11H,5,7H2,1H3,(H,17,18)(H,19,20). The number of carbonyl (C=O) groups is 2. The van der Waals surface area contributed by atoms with E-state index in [0.29, 0.717) is 30.1 Å². The summed E-state index contributed by atoms with van der Waals surface area (Å²) in [7, 11) is 1.59. The average molecular weight is 333 g/mol. The van der Waals surface area contributed by atoms with Gasteiger partial charge in [-0.05, 0) is 18.6 Å². The van der Waals surface area contributed by atoms with Crippen molar-refractivity contribution in [3.8, 4) is 11.5 Å². The highest BCUT2D eigenvalue weighted by molar-refractivity contribution is 7.12. The molecule has 23 heavy (non-hydrogen) atoms. The summed E-state index contributed by atoms with van der Waals surface area (Å²) >= 11 is 1.03. The van der Waals surface area contributed by atoms with E-state index in [1.807, 2.05) is 18.2 Å². The number of carboxylic acids is 1. The summed E-state index contributed by atoms with van der Waals surface area (Å²) in [5.41, 5.74) is 1.32. The number of rotatable bonds is 4. The van der Waals surface area contributed by atoms with Crippen LogP contribution < -0.4 is 14.8 Å². The molecule has 7 heteroatoms. The van der Waals surface area contributed by atoms with Crippen molar-refractivity contribution in [2.45, 2.75) is 12.5 Å². The molecule has 0 bridgehead atoms. The number of benzene rings is 1. The maximum atomic E-state index is 12.2. The zero-order valence-electron chi connectivity index (χ0n) is 12.4. The van der Waals surface area contributed by atoms with Crippen molar-refractivity contribution < 1.29 is 24.2 Å². The first kappa shape index (κ1) is 15.4. The second-order valence-electron chi connectivity index (χ2n) is 5.14. The normalized spacial score (nSPS) is 16.1. The van der Waals surface area contributed by atoms with Gasteiger partial charge in [0.25, 0.3) is 5.91 Å². The lowest BCUT2D eigenvalue weighted by Crippen LogP contribution is -2.42. The van der Waals surface area contributed by atoms with Crippen molar-refractivity contribution in [1.82, 2.24) is 5.32 Å². The lowest BCUT2D eigenvalue weighted by molar-refractivity contribution is 0.0702. The van der Waals surface area contributed by atoms with Crippen LogP contribution in [-0.2, 0) is 6.42 Å². The number of carbonyl (C=O) groups excluding carboxylic acids is 1. The van der Waals surface area contributed by atoms with Gasteiger partial charge in [0.15, 0.2) is 11.5 Å². The van der Waals surface area contributed by atoms with E-state index in [1.165, 1.54) is 6.07 Å². The predicted molar refractivity (Wildman–Crippen MR) is 84.7 cm³/mol. The zero-order chi connectivity index (χ0) is 16.4. The van der Waals surface area contributed by atoms with Crippen LogP contribution in [-0.4, -0.2) is 36.7 Å². The highest BCUT2D eigenvalue weighted by Gasteiger charge is 2.24. The molecule has 1 aliphatic rings. The fourth-order valence-corrected chi connectivity index (χ4v) is 3.21. The lowest BCUT2D eigenvalue weighted by atomic mass is 10.0. The summed E-state index contributed by atoms with van der Waals surface area (Å²) in [5.74, 6) is 0.0603. The molecule has 0 saturated heterocycles.